The molecule has 0 bridgehead atoms. The smallest absolute Gasteiger partial charge is 0.313 e. The molecule has 2 N–H and O–H groups in total. The van der Waals surface area contributed by atoms with Gasteiger partial charge in [-0.2, -0.15) is 0 Å². The van der Waals surface area contributed by atoms with Gasteiger partial charge in [-0.3, -0.25) is 29.8 Å². The maximum Gasteiger partial charge on any atom is 0.313 e. The lowest BCUT2D eigenvalue weighted by Gasteiger charge is -2.06. The fraction of sp³-hybridized carbons (Fsp3) is 0.273. The first-order valence-corrected chi connectivity index (χ1v) is 7.85. The van der Waals surface area contributed by atoms with E-state index in [0.29, 0.717) is 11.8 Å². The van der Waals surface area contributed by atoms with Crippen molar-refractivity contribution in [3.05, 3.63) is 32.4 Å². The van der Waals surface area contributed by atoms with E-state index in [4.69, 9.17) is 10.2 Å². The molecule has 1 aromatic rings. The number of benzene rings is 1. The third-order valence-corrected chi connectivity index (χ3v) is 4.43. The Morgan fingerprint density at radius 3 is 1.91 bits per heavy atom. The van der Waals surface area contributed by atoms with E-state index < -0.39 is 38.9 Å². The topological polar surface area (TPSA) is 161 Å². The van der Waals surface area contributed by atoms with Crippen LogP contribution in [0.5, 0.6) is 0 Å². The molecule has 0 atom stereocenters. The second kappa shape index (κ2) is 8.33. The first-order valence-electron chi connectivity index (χ1n) is 5.88. The van der Waals surface area contributed by atoms with Crippen molar-refractivity contribution in [3.63, 3.8) is 0 Å². The Hall–Kier alpha value is -2.34. The summed E-state index contributed by atoms with van der Waals surface area (Å²) in [5.74, 6) is -2.68. The quantitative estimate of drug-likeness (QED) is 0.378. The molecule has 10 nitrogen and oxygen atoms in total. The van der Waals surface area contributed by atoms with Crippen molar-refractivity contribution in [1.29, 1.82) is 0 Å². The molecule has 0 aliphatic carbocycles. The number of thioether (sulfide) groups is 2. The number of nitro benzene ring substituents is 2. The molecule has 1 aromatic carbocycles. The van der Waals surface area contributed by atoms with Crippen molar-refractivity contribution < 1.29 is 29.6 Å². The summed E-state index contributed by atoms with van der Waals surface area (Å²) in [4.78, 5) is 41.5. The van der Waals surface area contributed by atoms with E-state index in [1.807, 2.05) is 0 Å². The van der Waals surface area contributed by atoms with Gasteiger partial charge in [-0.05, 0) is 6.07 Å². The van der Waals surface area contributed by atoms with Crippen LogP contribution in [0.2, 0.25) is 0 Å². The highest BCUT2D eigenvalue weighted by Crippen LogP contribution is 2.39. The Kier molecular flexibility index (Phi) is 6.78. The van der Waals surface area contributed by atoms with Crippen LogP contribution in [0.4, 0.5) is 11.4 Å². The van der Waals surface area contributed by atoms with Crippen molar-refractivity contribution in [3.8, 4) is 0 Å². The molecule has 0 aromatic heterocycles. The summed E-state index contributed by atoms with van der Waals surface area (Å²) in [5.41, 5.74) is -1.09. The summed E-state index contributed by atoms with van der Waals surface area (Å²) in [6.45, 7) is 0. The van der Waals surface area contributed by atoms with Gasteiger partial charge < -0.3 is 10.2 Å². The van der Waals surface area contributed by atoms with E-state index in [9.17, 15) is 29.8 Å². The van der Waals surface area contributed by atoms with Crippen molar-refractivity contribution in [2.45, 2.75) is 16.2 Å². The molecule has 0 amide bonds. The standard InChI is InChI=1S/C11H10N2O8S2/c14-10(15)1-2-22-8-4-9(23-5-11(16)17)7(13(20)21)3-6(8)12(18)19/h3-4H,1-2,5H2,(H,14,15)(H,16,17). The number of carbonyl (C=O) groups is 2. The van der Waals surface area contributed by atoms with Gasteiger partial charge in [-0.1, -0.05) is 0 Å². The Balaban J connectivity index is 3.21. The van der Waals surface area contributed by atoms with Crippen LogP contribution in [0.1, 0.15) is 6.42 Å². The molecule has 124 valence electrons. The van der Waals surface area contributed by atoms with Gasteiger partial charge in [0.05, 0.1) is 37.9 Å². The second-order valence-corrected chi connectivity index (χ2v) is 6.13. The third kappa shape index (κ3) is 5.75. The van der Waals surface area contributed by atoms with E-state index in [1.165, 1.54) is 0 Å². The molecular formula is C11H10N2O8S2. The maximum atomic E-state index is 11.0. The molecule has 0 saturated carbocycles. The first-order chi connectivity index (χ1) is 10.7. The Morgan fingerprint density at radius 1 is 0.957 bits per heavy atom. The third-order valence-electron chi connectivity index (χ3n) is 2.36. The van der Waals surface area contributed by atoms with Crippen LogP contribution in [-0.4, -0.2) is 43.5 Å². The molecule has 0 aliphatic rings. The van der Waals surface area contributed by atoms with E-state index in [0.717, 1.165) is 23.9 Å². The van der Waals surface area contributed by atoms with Crippen LogP contribution in [0.3, 0.4) is 0 Å². The number of hydrogen-bond acceptors (Lipinski definition) is 8. The highest BCUT2D eigenvalue weighted by atomic mass is 32.2. The lowest BCUT2D eigenvalue weighted by molar-refractivity contribution is -0.397. The van der Waals surface area contributed by atoms with Gasteiger partial charge in [0.25, 0.3) is 11.4 Å². The van der Waals surface area contributed by atoms with Crippen LogP contribution < -0.4 is 0 Å². The minimum atomic E-state index is -1.19. The Labute approximate surface area is 137 Å². The SMILES string of the molecule is O=C(O)CCSc1cc(SCC(=O)O)c([N+](=O)[O-])cc1[N+](=O)[O-]. The van der Waals surface area contributed by atoms with E-state index in [-0.39, 0.29) is 22.0 Å². The highest BCUT2D eigenvalue weighted by molar-refractivity contribution is 8.00. The second-order valence-electron chi connectivity index (χ2n) is 3.98. The van der Waals surface area contributed by atoms with Gasteiger partial charge in [0.1, 0.15) is 0 Å². The zero-order valence-corrected chi connectivity index (χ0v) is 13.0. The number of hydrogen-bond donors (Lipinski definition) is 2. The van der Waals surface area contributed by atoms with Crippen molar-refractivity contribution in [1.82, 2.24) is 0 Å². The van der Waals surface area contributed by atoms with Gasteiger partial charge in [-0.25, -0.2) is 0 Å². The fourth-order valence-electron chi connectivity index (χ4n) is 1.44. The predicted molar refractivity (Wildman–Crippen MR) is 81.1 cm³/mol. The van der Waals surface area contributed by atoms with Crippen LogP contribution in [0.25, 0.3) is 0 Å². The molecule has 0 radical (unpaired) electrons. The molecule has 0 spiro atoms. The van der Waals surface area contributed by atoms with Crippen LogP contribution in [0, 0.1) is 20.2 Å². The molecule has 23 heavy (non-hydrogen) atoms. The monoisotopic (exact) mass is 362 g/mol. The molecular weight excluding hydrogens is 352 g/mol. The maximum absolute atomic E-state index is 11.0. The molecule has 1 rings (SSSR count). The largest absolute Gasteiger partial charge is 0.481 e. The summed E-state index contributed by atoms with van der Waals surface area (Å²) < 4.78 is 0. The normalized spacial score (nSPS) is 10.3. The number of nitro groups is 2. The average Bonchev–Trinajstić information content (AvgIpc) is 2.43. The summed E-state index contributed by atoms with van der Waals surface area (Å²) in [6, 6.07) is 1.91. The fourth-order valence-corrected chi connectivity index (χ4v) is 3.26. The summed E-state index contributed by atoms with van der Waals surface area (Å²) >= 11 is 1.53. The van der Waals surface area contributed by atoms with Crippen molar-refractivity contribution in [2.24, 2.45) is 0 Å². The van der Waals surface area contributed by atoms with E-state index in [2.05, 4.69) is 0 Å². The van der Waals surface area contributed by atoms with Crippen LogP contribution >= 0.6 is 23.5 Å². The molecule has 0 aliphatic heterocycles. The summed E-state index contributed by atoms with van der Waals surface area (Å²) in [6.07, 6.45) is -0.240. The van der Waals surface area contributed by atoms with E-state index >= 15 is 0 Å². The van der Waals surface area contributed by atoms with Gasteiger partial charge in [0.2, 0.25) is 0 Å². The molecule has 0 saturated heterocycles. The number of nitrogens with zero attached hydrogens (tertiary/aromatic N) is 2. The zero-order valence-electron chi connectivity index (χ0n) is 11.3. The Morgan fingerprint density at radius 2 is 1.48 bits per heavy atom. The van der Waals surface area contributed by atoms with Gasteiger partial charge in [0, 0.05) is 5.75 Å². The average molecular weight is 362 g/mol. The number of rotatable bonds is 9. The van der Waals surface area contributed by atoms with Gasteiger partial charge >= 0.3 is 11.9 Å². The first kappa shape index (κ1) is 18.7. The minimum absolute atomic E-state index is 0.0270. The summed E-state index contributed by atoms with van der Waals surface area (Å²) in [5, 5.41) is 39.2. The number of carboxylic acids is 2. The van der Waals surface area contributed by atoms with Crippen molar-refractivity contribution in [2.75, 3.05) is 11.5 Å². The summed E-state index contributed by atoms with van der Waals surface area (Å²) in [7, 11) is 0. The molecule has 12 heteroatoms. The lowest BCUT2D eigenvalue weighted by atomic mass is 10.3. The molecule has 0 fully saturated rings. The highest BCUT2D eigenvalue weighted by Gasteiger charge is 2.25. The lowest BCUT2D eigenvalue weighted by Crippen LogP contribution is -2.01. The van der Waals surface area contributed by atoms with Gasteiger partial charge in [0.15, 0.2) is 0 Å². The zero-order chi connectivity index (χ0) is 17.6. The van der Waals surface area contributed by atoms with Crippen LogP contribution in [-0.2, 0) is 9.59 Å². The number of carboxylic acid groups (broad SMARTS) is 2. The Bertz CT molecular complexity index is 664. The predicted octanol–water partition coefficient (Wildman–Crippen LogP) is 2.25. The van der Waals surface area contributed by atoms with E-state index in [1.54, 1.807) is 0 Å². The minimum Gasteiger partial charge on any atom is -0.481 e. The van der Waals surface area contributed by atoms with Gasteiger partial charge in [-0.15, -0.1) is 23.5 Å². The van der Waals surface area contributed by atoms with Crippen LogP contribution in [0.15, 0.2) is 21.9 Å². The molecule has 0 heterocycles. The number of aliphatic carboxylic acids is 2. The van der Waals surface area contributed by atoms with Crippen molar-refractivity contribution >= 4 is 46.8 Å². The molecule has 0 unspecified atom stereocenters.